The Kier molecular flexibility index (Phi) is 5.77. The van der Waals surface area contributed by atoms with Crippen molar-refractivity contribution in [3.8, 4) is 23.0 Å². The van der Waals surface area contributed by atoms with Crippen LogP contribution in [0.4, 0.5) is 0 Å². The molecule has 0 N–H and O–H groups in total. The van der Waals surface area contributed by atoms with E-state index in [-0.39, 0.29) is 0 Å². The number of halogens is 1. The van der Waals surface area contributed by atoms with Crippen LogP contribution >= 0.6 is 27.7 Å². The summed E-state index contributed by atoms with van der Waals surface area (Å²) in [6.45, 7) is 0.545. The maximum absolute atomic E-state index is 5.67. The molecule has 1 heterocycles. The van der Waals surface area contributed by atoms with Crippen LogP contribution in [0.15, 0.2) is 62.6 Å². The lowest BCUT2D eigenvalue weighted by Gasteiger charge is -2.05. The Morgan fingerprint density at radius 3 is 2.54 bits per heavy atom. The standard InChI is InChI=1S/C17H15BrN2O3S/c1-21-12-6-8-13(9-7-12)22-10-11-24-17-20-19-16(23-17)14-4-2-3-5-15(14)18/h2-9H,10-11H2,1H3. The van der Waals surface area contributed by atoms with Crippen LogP contribution in [0.2, 0.25) is 0 Å². The van der Waals surface area contributed by atoms with E-state index < -0.39 is 0 Å². The molecule has 24 heavy (non-hydrogen) atoms. The molecular weight excluding hydrogens is 392 g/mol. The summed E-state index contributed by atoms with van der Waals surface area (Å²) >= 11 is 4.94. The van der Waals surface area contributed by atoms with Crippen LogP contribution in [0.5, 0.6) is 11.5 Å². The number of ether oxygens (including phenoxy) is 2. The normalized spacial score (nSPS) is 10.6. The van der Waals surface area contributed by atoms with Crippen LogP contribution in [0.3, 0.4) is 0 Å². The summed E-state index contributed by atoms with van der Waals surface area (Å²) in [5.74, 6) is 2.82. The van der Waals surface area contributed by atoms with Gasteiger partial charge in [-0.05, 0) is 52.3 Å². The van der Waals surface area contributed by atoms with Gasteiger partial charge in [0.15, 0.2) is 0 Å². The summed E-state index contributed by atoms with van der Waals surface area (Å²) in [5, 5.41) is 8.66. The molecule has 0 aliphatic heterocycles. The van der Waals surface area contributed by atoms with Crippen LogP contribution in [-0.4, -0.2) is 29.7 Å². The zero-order chi connectivity index (χ0) is 16.8. The predicted molar refractivity (Wildman–Crippen MR) is 96.6 cm³/mol. The van der Waals surface area contributed by atoms with Gasteiger partial charge in [-0.25, -0.2) is 0 Å². The lowest BCUT2D eigenvalue weighted by Crippen LogP contribution is -1.99. The first-order chi connectivity index (χ1) is 11.8. The number of benzene rings is 2. The topological polar surface area (TPSA) is 57.4 Å². The van der Waals surface area contributed by atoms with E-state index in [2.05, 4.69) is 26.1 Å². The van der Waals surface area contributed by atoms with Crippen molar-refractivity contribution < 1.29 is 13.9 Å². The summed E-state index contributed by atoms with van der Waals surface area (Å²) in [6, 6.07) is 15.2. The van der Waals surface area contributed by atoms with E-state index in [4.69, 9.17) is 13.9 Å². The first kappa shape index (κ1) is 16.9. The smallest absolute Gasteiger partial charge is 0.276 e. The highest BCUT2D eigenvalue weighted by molar-refractivity contribution is 9.10. The third-order valence-electron chi connectivity index (χ3n) is 3.15. The van der Waals surface area contributed by atoms with Crippen molar-refractivity contribution in [3.05, 3.63) is 53.0 Å². The molecule has 0 aliphatic rings. The molecule has 0 atom stereocenters. The molecule has 0 saturated heterocycles. The molecule has 0 fully saturated rings. The molecular formula is C17H15BrN2O3S. The molecule has 3 rings (SSSR count). The lowest BCUT2D eigenvalue weighted by molar-refractivity contribution is 0.342. The van der Waals surface area contributed by atoms with Gasteiger partial charge in [0.2, 0.25) is 5.89 Å². The number of nitrogens with zero attached hydrogens (tertiary/aromatic N) is 2. The Bertz CT molecular complexity index is 793. The molecule has 0 aliphatic carbocycles. The monoisotopic (exact) mass is 406 g/mol. The van der Waals surface area contributed by atoms with E-state index in [9.17, 15) is 0 Å². The number of hydrogen-bond donors (Lipinski definition) is 0. The molecule has 0 spiro atoms. The van der Waals surface area contributed by atoms with Crippen molar-refractivity contribution in [1.82, 2.24) is 10.2 Å². The second-order valence-corrected chi connectivity index (χ2v) is 6.63. The highest BCUT2D eigenvalue weighted by Gasteiger charge is 2.11. The van der Waals surface area contributed by atoms with Crippen LogP contribution in [0.1, 0.15) is 0 Å². The van der Waals surface area contributed by atoms with E-state index in [1.807, 2.05) is 48.5 Å². The van der Waals surface area contributed by atoms with E-state index >= 15 is 0 Å². The van der Waals surface area contributed by atoms with E-state index in [0.717, 1.165) is 21.5 Å². The predicted octanol–water partition coefficient (Wildman–Crippen LogP) is 4.68. The molecule has 124 valence electrons. The Hall–Kier alpha value is -1.99. The molecule has 5 nitrogen and oxygen atoms in total. The molecule has 0 saturated carbocycles. The van der Waals surface area contributed by atoms with Gasteiger partial charge in [-0.15, -0.1) is 10.2 Å². The Balaban J connectivity index is 1.50. The van der Waals surface area contributed by atoms with Crippen molar-refractivity contribution in [2.75, 3.05) is 19.5 Å². The van der Waals surface area contributed by atoms with Gasteiger partial charge < -0.3 is 13.9 Å². The Morgan fingerprint density at radius 1 is 1.04 bits per heavy atom. The van der Waals surface area contributed by atoms with Crippen molar-refractivity contribution >= 4 is 27.7 Å². The molecule has 2 aromatic carbocycles. The van der Waals surface area contributed by atoms with E-state index in [1.54, 1.807) is 7.11 Å². The summed E-state index contributed by atoms with van der Waals surface area (Å²) < 4.78 is 17.4. The van der Waals surface area contributed by atoms with Gasteiger partial charge in [0.1, 0.15) is 11.5 Å². The van der Waals surface area contributed by atoms with Gasteiger partial charge in [-0.1, -0.05) is 23.9 Å². The molecule has 0 bridgehead atoms. The third kappa shape index (κ3) is 4.30. The molecule has 0 unspecified atom stereocenters. The second-order valence-electron chi connectivity index (χ2n) is 4.73. The van der Waals surface area contributed by atoms with Gasteiger partial charge in [-0.3, -0.25) is 0 Å². The third-order valence-corrected chi connectivity index (χ3v) is 4.62. The molecule has 3 aromatic rings. The summed E-state index contributed by atoms with van der Waals surface area (Å²) in [7, 11) is 1.64. The van der Waals surface area contributed by atoms with Gasteiger partial charge >= 0.3 is 0 Å². The van der Waals surface area contributed by atoms with Crippen molar-refractivity contribution in [2.24, 2.45) is 0 Å². The zero-order valence-electron chi connectivity index (χ0n) is 12.9. The summed E-state index contributed by atoms with van der Waals surface area (Å²) in [5.41, 5.74) is 0.881. The van der Waals surface area contributed by atoms with Gasteiger partial charge in [0, 0.05) is 10.2 Å². The number of hydrogen-bond acceptors (Lipinski definition) is 6. The number of thioether (sulfide) groups is 1. The van der Waals surface area contributed by atoms with Gasteiger partial charge in [0.05, 0.1) is 19.3 Å². The maximum Gasteiger partial charge on any atom is 0.276 e. The van der Waals surface area contributed by atoms with E-state index in [1.165, 1.54) is 11.8 Å². The Labute approximate surface area is 152 Å². The summed E-state index contributed by atoms with van der Waals surface area (Å²) in [4.78, 5) is 0. The van der Waals surface area contributed by atoms with Crippen LogP contribution < -0.4 is 9.47 Å². The minimum Gasteiger partial charge on any atom is -0.497 e. The lowest BCUT2D eigenvalue weighted by atomic mass is 10.2. The van der Waals surface area contributed by atoms with Crippen molar-refractivity contribution in [1.29, 1.82) is 0 Å². The molecule has 0 radical (unpaired) electrons. The number of methoxy groups -OCH3 is 1. The van der Waals surface area contributed by atoms with Crippen LogP contribution in [0, 0.1) is 0 Å². The van der Waals surface area contributed by atoms with E-state index in [0.29, 0.717) is 23.5 Å². The fourth-order valence-electron chi connectivity index (χ4n) is 1.97. The zero-order valence-corrected chi connectivity index (χ0v) is 15.3. The highest BCUT2D eigenvalue weighted by atomic mass is 79.9. The fourth-order valence-corrected chi connectivity index (χ4v) is 3.00. The van der Waals surface area contributed by atoms with Crippen molar-refractivity contribution in [3.63, 3.8) is 0 Å². The SMILES string of the molecule is COc1ccc(OCCSc2nnc(-c3ccccc3Br)o2)cc1. The molecule has 7 heteroatoms. The van der Waals surface area contributed by atoms with Gasteiger partial charge in [-0.2, -0.15) is 0 Å². The van der Waals surface area contributed by atoms with Crippen LogP contribution in [-0.2, 0) is 0 Å². The molecule has 1 aromatic heterocycles. The van der Waals surface area contributed by atoms with Crippen LogP contribution in [0.25, 0.3) is 11.5 Å². The number of rotatable bonds is 7. The quantitative estimate of drug-likeness (QED) is 0.419. The maximum atomic E-state index is 5.67. The number of aromatic nitrogens is 2. The highest BCUT2D eigenvalue weighted by Crippen LogP contribution is 2.29. The summed E-state index contributed by atoms with van der Waals surface area (Å²) in [6.07, 6.45) is 0. The molecule has 0 amide bonds. The minimum atomic E-state index is 0.501. The first-order valence-corrected chi connectivity index (χ1v) is 9.02. The Morgan fingerprint density at radius 2 is 1.79 bits per heavy atom. The second kappa shape index (κ2) is 8.21. The van der Waals surface area contributed by atoms with Gasteiger partial charge in [0.25, 0.3) is 5.22 Å². The fraction of sp³-hybridized carbons (Fsp3) is 0.176. The average Bonchev–Trinajstić information content (AvgIpc) is 3.08. The first-order valence-electron chi connectivity index (χ1n) is 7.24. The minimum absolute atomic E-state index is 0.501. The average molecular weight is 407 g/mol. The largest absolute Gasteiger partial charge is 0.497 e. The van der Waals surface area contributed by atoms with Crippen molar-refractivity contribution in [2.45, 2.75) is 5.22 Å².